The maximum atomic E-state index is 5.56. The summed E-state index contributed by atoms with van der Waals surface area (Å²) in [6, 6.07) is 3.70. The summed E-state index contributed by atoms with van der Waals surface area (Å²) in [6.07, 6.45) is 4.50. The summed E-state index contributed by atoms with van der Waals surface area (Å²) in [5.74, 6) is 0.549. The Kier molecular flexibility index (Phi) is 3.56. The molecule has 0 spiro atoms. The highest BCUT2D eigenvalue weighted by molar-refractivity contribution is 7.99. The number of hydrogen-bond acceptors (Lipinski definition) is 5. The lowest BCUT2D eigenvalue weighted by Gasteiger charge is -2.01. The van der Waals surface area contributed by atoms with E-state index in [2.05, 4.69) is 29.0 Å². The van der Waals surface area contributed by atoms with Crippen LogP contribution in [0.3, 0.4) is 0 Å². The number of rotatable bonds is 4. The molecule has 0 saturated carbocycles. The molecule has 84 valence electrons. The first-order valence-electron chi connectivity index (χ1n) is 5.20. The lowest BCUT2D eigenvalue weighted by molar-refractivity contribution is 0.464. The molecule has 2 rings (SSSR count). The molecule has 0 unspecified atom stereocenters. The van der Waals surface area contributed by atoms with Crippen molar-refractivity contribution in [3.8, 4) is 11.5 Å². The zero-order valence-corrected chi connectivity index (χ0v) is 10.1. The third-order valence-electron chi connectivity index (χ3n) is 2.21. The van der Waals surface area contributed by atoms with Crippen molar-refractivity contribution in [2.45, 2.75) is 30.7 Å². The molecule has 0 aromatic carbocycles. The molecule has 0 radical (unpaired) electrons. The van der Waals surface area contributed by atoms with E-state index in [0.717, 1.165) is 12.0 Å². The van der Waals surface area contributed by atoms with Gasteiger partial charge in [-0.25, -0.2) is 0 Å². The summed E-state index contributed by atoms with van der Waals surface area (Å²) in [5.41, 5.74) is 0.901. The summed E-state index contributed by atoms with van der Waals surface area (Å²) in [5, 5.41) is 9.13. The van der Waals surface area contributed by atoms with Crippen molar-refractivity contribution >= 4 is 11.8 Å². The van der Waals surface area contributed by atoms with Crippen LogP contribution in [-0.2, 0) is 0 Å². The van der Waals surface area contributed by atoms with Gasteiger partial charge in [0, 0.05) is 23.2 Å². The maximum Gasteiger partial charge on any atom is 0.277 e. The molecule has 0 amide bonds. The quantitative estimate of drug-likeness (QED) is 0.762. The van der Waals surface area contributed by atoms with Gasteiger partial charge in [-0.2, -0.15) is 0 Å². The van der Waals surface area contributed by atoms with Gasteiger partial charge in [0.2, 0.25) is 5.89 Å². The normalized spacial score (nSPS) is 12.6. The molecule has 2 heterocycles. The zero-order chi connectivity index (χ0) is 11.4. The van der Waals surface area contributed by atoms with E-state index in [0.29, 0.717) is 16.4 Å². The summed E-state index contributed by atoms with van der Waals surface area (Å²) < 4.78 is 5.56. The van der Waals surface area contributed by atoms with E-state index >= 15 is 0 Å². The van der Waals surface area contributed by atoms with Gasteiger partial charge < -0.3 is 4.42 Å². The van der Waals surface area contributed by atoms with Gasteiger partial charge in [-0.1, -0.05) is 25.6 Å². The van der Waals surface area contributed by atoms with Crippen LogP contribution in [-0.4, -0.2) is 20.4 Å². The fourth-order valence-corrected chi connectivity index (χ4v) is 1.85. The van der Waals surface area contributed by atoms with Gasteiger partial charge in [0.1, 0.15) is 0 Å². The molecular formula is C11H13N3OS. The van der Waals surface area contributed by atoms with Crippen LogP contribution in [0.25, 0.3) is 11.5 Å². The highest BCUT2D eigenvalue weighted by atomic mass is 32.2. The highest BCUT2D eigenvalue weighted by Gasteiger charge is 2.11. The van der Waals surface area contributed by atoms with Crippen molar-refractivity contribution in [1.82, 2.24) is 15.2 Å². The van der Waals surface area contributed by atoms with Crippen LogP contribution in [0, 0.1) is 0 Å². The summed E-state index contributed by atoms with van der Waals surface area (Å²) in [4.78, 5) is 3.94. The number of hydrogen-bond donors (Lipinski definition) is 0. The Labute approximate surface area is 98.5 Å². The Hall–Kier alpha value is -1.36. The van der Waals surface area contributed by atoms with Gasteiger partial charge in [-0.15, -0.1) is 10.2 Å². The van der Waals surface area contributed by atoms with Crippen molar-refractivity contribution < 1.29 is 4.42 Å². The molecular weight excluding hydrogens is 222 g/mol. The Morgan fingerprint density at radius 1 is 1.31 bits per heavy atom. The van der Waals surface area contributed by atoms with Crippen molar-refractivity contribution in [3.05, 3.63) is 24.5 Å². The van der Waals surface area contributed by atoms with Gasteiger partial charge in [-0.3, -0.25) is 4.98 Å². The number of thioether (sulfide) groups is 1. The van der Waals surface area contributed by atoms with E-state index in [1.54, 1.807) is 24.2 Å². The van der Waals surface area contributed by atoms with Crippen LogP contribution >= 0.6 is 11.8 Å². The van der Waals surface area contributed by atoms with Crippen LogP contribution in [0.2, 0.25) is 0 Å². The van der Waals surface area contributed by atoms with Crippen molar-refractivity contribution in [2.75, 3.05) is 0 Å². The minimum Gasteiger partial charge on any atom is -0.411 e. The largest absolute Gasteiger partial charge is 0.411 e. The van der Waals surface area contributed by atoms with Crippen molar-refractivity contribution in [2.24, 2.45) is 0 Å². The molecule has 5 heteroatoms. The molecule has 2 aromatic heterocycles. The number of aromatic nitrogens is 3. The minimum atomic E-state index is 0.491. The Morgan fingerprint density at radius 2 is 2.06 bits per heavy atom. The average molecular weight is 235 g/mol. The van der Waals surface area contributed by atoms with Crippen LogP contribution in [0.5, 0.6) is 0 Å². The molecule has 0 aliphatic heterocycles. The molecule has 0 fully saturated rings. The SMILES string of the molecule is CC[C@H](C)Sc1nnc(-c2ccncc2)o1. The second kappa shape index (κ2) is 5.12. The summed E-state index contributed by atoms with van der Waals surface area (Å²) in [6.45, 7) is 4.28. The van der Waals surface area contributed by atoms with Gasteiger partial charge in [-0.05, 0) is 18.6 Å². The summed E-state index contributed by atoms with van der Waals surface area (Å²) >= 11 is 1.60. The van der Waals surface area contributed by atoms with Crippen LogP contribution in [0.1, 0.15) is 20.3 Å². The average Bonchev–Trinajstić information content (AvgIpc) is 2.78. The molecule has 2 aromatic rings. The minimum absolute atomic E-state index is 0.491. The van der Waals surface area contributed by atoms with Crippen molar-refractivity contribution in [3.63, 3.8) is 0 Å². The Balaban J connectivity index is 2.14. The lowest BCUT2D eigenvalue weighted by atomic mass is 10.3. The first kappa shape index (κ1) is 11.1. The van der Waals surface area contributed by atoms with Gasteiger partial charge in [0.15, 0.2) is 0 Å². The van der Waals surface area contributed by atoms with Gasteiger partial charge in [0.05, 0.1) is 0 Å². The molecule has 0 aliphatic rings. The smallest absolute Gasteiger partial charge is 0.277 e. The van der Waals surface area contributed by atoms with E-state index in [-0.39, 0.29) is 0 Å². The van der Waals surface area contributed by atoms with Crippen LogP contribution in [0.15, 0.2) is 34.2 Å². The third-order valence-corrected chi connectivity index (χ3v) is 3.31. The van der Waals surface area contributed by atoms with Gasteiger partial charge >= 0.3 is 0 Å². The standard InChI is InChI=1S/C11H13N3OS/c1-3-8(2)16-11-14-13-10(15-11)9-4-6-12-7-5-9/h4-8H,3H2,1-2H3/t8-/m0/s1. The lowest BCUT2D eigenvalue weighted by Crippen LogP contribution is -1.91. The fraction of sp³-hybridized carbons (Fsp3) is 0.364. The van der Waals surface area contributed by atoms with E-state index in [1.807, 2.05) is 12.1 Å². The molecule has 0 N–H and O–H groups in total. The topological polar surface area (TPSA) is 51.8 Å². The molecule has 4 nitrogen and oxygen atoms in total. The van der Waals surface area contributed by atoms with E-state index in [4.69, 9.17) is 4.42 Å². The van der Waals surface area contributed by atoms with Crippen LogP contribution in [0.4, 0.5) is 0 Å². The molecule has 0 saturated heterocycles. The summed E-state index contributed by atoms with van der Waals surface area (Å²) in [7, 11) is 0. The zero-order valence-electron chi connectivity index (χ0n) is 9.25. The number of pyridine rings is 1. The Bertz CT molecular complexity index is 444. The van der Waals surface area contributed by atoms with Gasteiger partial charge in [0.25, 0.3) is 5.22 Å². The van der Waals surface area contributed by atoms with Crippen molar-refractivity contribution in [1.29, 1.82) is 0 Å². The van der Waals surface area contributed by atoms with E-state index < -0.39 is 0 Å². The van der Waals surface area contributed by atoms with Crippen LogP contribution < -0.4 is 0 Å². The van der Waals surface area contributed by atoms with E-state index in [1.165, 1.54) is 0 Å². The predicted molar refractivity (Wildman–Crippen MR) is 63.1 cm³/mol. The predicted octanol–water partition coefficient (Wildman–Crippen LogP) is 3.02. The third kappa shape index (κ3) is 2.61. The highest BCUT2D eigenvalue weighted by Crippen LogP contribution is 2.26. The number of nitrogens with zero attached hydrogens (tertiary/aromatic N) is 3. The molecule has 0 bridgehead atoms. The second-order valence-electron chi connectivity index (χ2n) is 3.45. The molecule has 1 atom stereocenters. The molecule has 0 aliphatic carbocycles. The monoisotopic (exact) mass is 235 g/mol. The maximum absolute atomic E-state index is 5.56. The van der Waals surface area contributed by atoms with E-state index in [9.17, 15) is 0 Å². The Morgan fingerprint density at radius 3 is 2.75 bits per heavy atom. The first-order valence-corrected chi connectivity index (χ1v) is 6.08. The first-order chi connectivity index (χ1) is 7.79. The second-order valence-corrected chi connectivity index (χ2v) is 4.84. The molecule has 16 heavy (non-hydrogen) atoms. The fourth-order valence-electron chi connectivity index (χ4n) is 1.12.